The fourth-order valence-electron chi connectivity index (χ4n) is 2.67. The summed E-state index contributed by atoms with van der Waals surface area (Å²) in [4.78, 5) is 34.0. The van der Waals surface area contributed by atoms with Gasteiger partial charge in [0.25, 0.3) is 11.8 Å². The molecule has 1 aliphatic carbocycles. The molecule has 2 fully saturated rings. The van der Waals surface area contributed by atoms with Crippen molar-refractivity contribution in [1.82, 2.24) is 20.2 Å². The molecule has 1 saturated heterocycles. The van der Waals surface area contributed by atoms with E-state index in [2.05, 4.69) is 15.3 Å². The predicted molar refractivity (Wildman–Crippen MR) is 81.5 cm³/mol. The van der Waals surface area contributed by atoms with Gasteiger partial charge in [-0.1, -0.05) is 0 Å². The molecule has 7 heteroatoms. The molecule has 0 radical (unpaired) electrons. The first-order chi connectivity index (χ1) is 11.0. The average Bonchev–Trinajstić information content (AvgIpc) is 3.38. The van der Waals surface area contributed by atoms with Gasteiger partial charge in [0.15, 0.2) is 5.67 Å². The normalized spacial score (nSPS) is 20.2. The van der Waals surface area contributed by atoms with Gasteiger partial charge >= 0.3 is 0 Å². The van der Waals surface area contributed by atoms with E-state index in [9.17, 15) is 14.0 Å². The summed E-state index contributed by atoms with van der Waals surface area (Å²) >= 11 is 0. The lowest BCUT2D eigenvalue weighted by atomic mass is 9.92. The first-order valence-corrected chi connectivity index (χ1v) is 8.03. The Labute approximate surface area is 134 Å². The van der Waals surface area contributed by atoms with Gasteiger partial charge in [0.2, 0.25) is 0 Å². The maximum atomic E-state index is 14.8. The molecule has 2 heterocycles. The van der Waals surface area contributed by atoms with Gasteiger partial charge in [0, 0.05) is 38.7 Å². The highest BCUT2D eigenvalue weighted by molar-refractivity contribution is 5.92. The number of rotatable bonds is 4. The van der Waals surface area contributed by atoms with Gasteiger partial charge in [-0.25, -0.2) is 9.37 Å². The minimum absolute atomic E-state index is 0.0224. The van der Waals surface area contributed by atoms with Crippen LogP contribution in [0.5, 0.6) is 0 Å². The van der Waals surface area contributed by atoms with Gasteiger partial charge in [0.05, 0.1) is 11.9 Å². The van der Waals surface area contributed by atoms with Crippen LogP contribution >= 0.6 is 0 Å². The average molecular weight is 320 g/mol. The predicted octanol–water partition coefficient (Wildman–Crippen LogP) is 1.26. The van der Waals surface area contributed by atoms with E-state index in [1.54, 1.807) is 6.92 Å². The van der Waals surface area contributed by atoms with Crippen LogP contribution in [0.4, 0.5) is 4.39 Å². The molecule has 124 valence electrons. The molecule has 1 saturated carbocycles. The van der Waals surface area contributed by atoms with E-state index in [4.69, 9.17) is 0 Å². The van der Waals surface area contributed by atoms with Crippen LogP contribution in [-0.4, -0.2) is 52.0 Å². The van der Waals surface area contributed by atoms with Crippen LogP contribution < -0.4 is 5.32 Å². The Balaban J connectivity index is 1.55. The van der Waals surface area contributed by atoms with E-state index >= 15 is 0 Å². The summed E-state index contributed by atoms with van der Waals surface area (Å²) in [5.41, 5.74) is -0.889. The topological polar surface area (TPSA) is 75.2 Å². The molecular weight excluding hydrogens is 299 g/mol. The molecule has 0 spiro atoms. The Hall–Kier alpha value is -2.05. The van der Waals surface area contributed by atoms with E-state index in [1.807, 2.05) is 0 Å². The standard InChI is InChI=1S/C16H21FN4O2/c1-11-8-19-13(10-18-11)14(22)21-6-4-16(17,5-7-21)15(23)20-9-12-2-3-12/h8,10,12H,2-7,9H2,1H3,(H,20,23). The highest BCUT2D eigenvalue weighted by atomic mass is 19.1. The molecule has 0 bridgehead atoms. The molecule has 1 aliphatic heterocycles. The number of aromatic nitrogens is 2. The summed E-state index contributed by atoms with van der Waals surface area (Å²) in [5, 5.41) is 2.70. The summed E-state index contributed by atoms with van der Waals surface area (Å²) in [6, 6.07) is 0. The molecule has 0 aromatic carbocycles. The Morgan fingerprint density at radius 2 is 2.00 bits per heavy atom. The molecule has 0 unspecified atom stereocenters. The molecule has 1 N–H and O–H groups in total. The Morgan fingerprint density at radius 3 is 2.57 bits per heavy atom. The maximum absolute atomic E-state index is 14.8. The van der Waals surface area contributed by atoms with Crippen LogP contribution in [0, 0.1) is 12.8 Å². The molecule has 6 nitrogen and oxygen atoms in total. The zero-order valence-electron chi connectivity index (χ0n) is 13.2. The van der Waals surface area contributed by atoms with Crippen molar-refractivity contribution in [3.63, 3.8) is 0 Å². The third-order valence-electron chi connectivity index (χ3n) is 4.50. The Kier molecular flexibility index (Phi) is 4.28. The lowest BCUT2D eigenvalue weighted by Crippen LogP contribution is -2.52. The number of nitrogens with zero attached hydrogens (tertiary/aromatic N) is 3. The van der Waals surface area contributed by atoms with Gasteiger partial charge < -0.3 is 10.2 Å². The third-order valence-corrected chi connectivity index (χ3v) is 4.50. The van der Waals surface area contributed by atoms with E-state index in [0.717, 1.165) is 18.5 Å². The van der Waals surface area contributed by atoms with Gasteiger partial charge in [-0.05, 0) is 25.7 Å². The number of nitrogens with one attached hydrogen (secondary N) is 1. The molecule has 1 aromatic heterocycles. The molecule has 3 rings (SSSR count). The molecule has 23 heavy (non-hydrogen) atoms. The van der Waals surface area contributed by atoms with Crippen LogP contribution in [0.25, 0.3) is 0 Å². The highest BCUT2D eigenvalue weighted by Gasteiger charge is 2.43. The van der Waals surface area contributed by atoms with Crippen molar-refractivity contribution in [2.45, 2.75) is 38.3 Å². The van der Waals surface area contributed by atoms with Gasteiger partial charge in [-0.3, -0.25) is 14.6 Å². The number of piperidine rings is 1. The zero-order chi connectivity index (χ0) is 16.4. The van der Waals surface area contributed by atoms with Crippen molar-refractivity contribution in [2.24, 2.45) is 5.92 Å². The van der Waals surface area contributed by atoms with Crippen molar-refractivity contribution >= 4 is 11.8 Å². The summed E-state index contributed by atoms with van der Waals surface area (Å²) in [7, 11) is 0. The monoisotopic (exact) mass is 320 g/mol. The SMILES string of the molecule is Cc1cnc(C(=O)N2CCC(F)(C(=O)NCC3CC3)CC2)cn1. The van der Waals surface area contributed by atoms with Crippen molar-refractivity contribution in [2.75, 3.05) is 19.6 Å². The summed E-state index contributed by atoms with van der Waals surface area (Å²) in [6.07, 6.45) is 5.22. The third kappa shape index (κ3) is 3.65. The van der Waals surface area contributed by atoms with E-state index in [-0.39, 0.29) is 37.5 Å². The summed E-state index contributed by atoms with van der Waals surface area (Å²) in [6.45, 7) is 2.77. The first kappa shape index (κ1) is 15.8. The van der Waals surface area contributed by atoms with Crippen LogP contribution in [0.2, 0.25) is 0 Å². The van der Waals surface area contributed by atoms with Crippen LogP contribution in [0.3, 0.4) is 0 Å². The number of carbonyl (C=O) groups excluding carboxylic acids is 2. The minimum atomic E-state index is -1.87. The quantitative estimate of drug-likeness (QED) is 0.906. The van der Waals surface area contributed by atoms with E-state index < -0.39 is 11.6 Å². The second-order valence-electron chi connectivity index (χ2n) is 6.45. The number of halogens is 1. The summed E-state index contributed by atoms with van der Waals surface area (Å²) < 4.78 is 14.8. The van der Waals surface area contributed by atoms with Crippen molar-refractivity contribution in [1.29, 1.82) is 0 Å². The Bertz CT molecular complexity index is 593. The minimum Gasteiger partial charge on any atom is -0.353 e. The molecule has 0 atom stereocenters. The lowest BCUT2D eigenvalue weighted by Gasteiger charge is -2.35. The van der Waals surface area contributed by atoms with Crippen LogP contribution in [0.1, 0.15) is 41.9 Å². The first-order valence-electron chi connectivity index (χ1n) is 8.03. The Morgan fingerprint density at radius 1 is 1.30 bits per heavy atom. The molecular formula is C16H21FN4O2. The number of hydrogen-bond donors (Lipinski definition) is 1. The molecule has 2 aliphatic rings. The fourth-order valence-corrected chi connectivity index (χ4v) is 2.67. The van der Waals surface area contributed by atoms with Crippen molar-refractivity contribution < 1.29 is 14.0 Å². The van der Waals surface area contributed by atoms with Gasteiger partial charge in [0.1, 0.15) is 5.69 Å². The van der Waals surface area contributed by atoms with Crippen LogP contribution in [-0.2, 0) is 4.79 Å². The zero-order valence-corrected chi connectivity index (χ0v) is 13.2. The number of amides is 2. The number of aryl methyl sites for hydroxylation is 1. The molecule has 1 aromatic rings. The fraction of sp³-hybridized carbons (Fsp3) is 0.625. The highest BCUT2D eigenvalue weighted by Crippen LogP contribution is 2.30. The number of carbonyl (C=O) groups is 2. The number of likely N-dealkylation sites (tertiary alicyclic amines) is 1. The van der Waals surface area contributed by atoms with Gasteiger partial charge in [-0.15, -0.1) is 0 Å². The van der Waals surface area contributed by atoms with E-state index in [1.165, 1.54) is 17.3 Å². The van der Waals surface area contributed by atoms with Gasteiger partial charge in [-0.2, -0.15) is 0 Å². The van der Waals surface area contributed by atoms with E-state index in [0.29, 0.717) is 12.5 Å². The second kappa shape index (κ2) is 6.22. The number of hydrogen-bond acceptors (Lipinski definition) is 4. The lowest BCUT2D eigenvalue weighted by molar-refractivity contribution is -0.135. The summed E-state index contributed by atoms with van der Waals surface area (Å²) in [5.74, 6) is -0.283. The number of alkyl halides is 1. The second-order valence-corrected chi connectivity index (χ2v) is 6.45. The smallest absolute Gasteiger partial charge is 0.274 e. The van der Waals surface area contributed by atoms with Crippen molar-refractivity contribution in [3.05, 3.63) is 23.8 Å². The van der Waals surface area contributed by atoms with Crippen molar-refractivity contribution in [3.8, 4) is 0 Å². The maximum Gasteiger partial charge on any atom is 0.274 e. The largest absolute Gasteiger partial charge is 0.353 e. The van der Waals surface area contributed by atoms with Crippen LogP contribution in [0.15, 0.2) is 12.4 Å². The molecule has 2 amide bonds.